The van der Waals surface area contributed by atoms with Crippen LogP contribution in [0.15, 0.2) is 48.9 Å². The number of carbonyl (C=O) groups is 1. The largest absolute Gasteiger partial charge is 0.316 e. The molecule has 0 spiro atoms. The molecule has 1 radical (unpaired) electrons. The van der Waals surface area contributed by atoms with Crippen LogP contribution < -0.4 is 0 Å². The SMILES string of the molecule is CC(=O)c1cn(-c2ccncc2)c2c[c]ccc12. The molecule has 3 rings (SSSR count). The molecule has 87 valence electrons. The minimum Gasteiger partial charge on any atom is -0.316 e. The van der Waals surface area contributed by atoms with Gasteiger partial charge in [-0.05, 0) is 31.2 Å². The summed E-state index contributed by atoms with van der Waals surface area (Å²) in [5.74, 6) is 0.0685. The topological polar surface area (TPSA) is 34.9 Å². The number of rotatable bonds is 2. The number of benzene rings is 1. The number of hydrogen-bond donors (Lipinski definition) is 0. The molecule has 0 fully saturated rings. The third kappa shape index (κ3) is 1.61. The van der Waals surface area contributed by atoms with Gasteiger partial charge in [-0.25, -0.2) is 0 Å². The van der Waals surface area contributed by atoms with Crippen LogP contribution in [0.3, 0.4) is 0 Å². The Hall–Kier alpha value is -2.42. The number of nitrogens with zero attached hydrogens (tertiary/aromatic N) is 2. The second-order valence-corrected chi connectivity index (χ2v) is 4.12. The van der Waals surface area contributed by atoms with Crippen molar-refractivity contribution in [3.63, 3.8) is 0 Å². The van der Waals surface area contributed by atoms with Gasteiger partial charge in [-0.3, -0.25) is 9.78 Å². The number of pyridine rings is 1. The van der Waals surface area contributed by atoms with E-state index < -0.39 is 0 Å². The van der Waals surface area contributed by atoms with Gasteiger partial charge in [0.15, 0.2) is 5.78 Å². The molecule has 0 aliphatic rings. The Labute approximate surface area is 105 Å². The Morgan fingerprint density at radius 1 is 1.28 bits per heavy atom. The summed E-state index contributed by atoms with van der Waals surface area (Å²) in [6, 6.07) is 12.5. The number of aromatic nitrogens is 2. The first-order chi connectivity index (χ1) is 8.77. The molecule has 3 heteroatoms. The van der Waals surface area contributed by atoms with Gasteiger partial charge in [0.25, 0.3) is 0 Å². The number of carbonyl (C=O) groups excluding carboxylic acids is 1. The fourth-order valence-corrected chi connectivity index (χ4v) is 2.12. The minimum absolute atomic E-state index is 0.0685. The van der Waals surface area contributed by atoms with Crippen molar-refractivity contribution in [1.29, 1.82) is 0 Å². The summed E-state index contributed by atoms with van der Waals surface area (Å²) < 4.78 is 1.99. The molecule has 0 saturated heterocycles. The van der Waals surface area contributed by atoms with Gasteiger partial charge < -0.3 is 4.57 Å². The summed E-state index contributed by atoms with van der Waals surface area (Å²) in [6.07, 6.45) is 5.35. The smallest absolute Gasteiger partial charge is 0.161 e. The Morgan fingerprint density at radius 2 is 2.06 bits per heavy atom. The van der Waals surface area contributed by atoms with E-state index in [2.05, 4.69) is 11.1 Å². The molecule has 2 heterocycles. The number of Topliss-reactive ketones (excluding diaryl/α,β-unsaturated/α-hetero) is 1. The van der Waals surface area contributed by atoms with E-state index in [1.165, 1.54) is 0 Å². The zero-order chi connectivity index (χ0) is 12.5. The molecule has 3 nitrogen and oxygen atoms in total. The van der Waals surface area contributed by atoms with Crippen LogP contribution in [0.1, 0.15) is 17.3 Å². The van der Waals surface area contributed by atoms with Gasteiger partial charge in [0, 0.05) is 35.2 Å². The van der Waals surface area contributed by atoms with E-state index in [0.717, 1.165) is 22.2 Å². The first-order valence-electron chi connectivity index (χ1n) is 5.70. The Bertz CT molecular complexity index is 714. The number of fused-ring (bicyclic) bond motifs is 1. The van der Waals surface area contributed by atoms with Crippen molar-refractivity contribution in [3.8, 4) is 5.69 Å². The van der Waals surface area contributed by atoms with E-state index in [9.17, 15) is 4.79 Å². The summed E-state index contributed by atoms with van der Waals surface area (Å²) in [5.41, 5.74) is 2.70. The summed E-state index contributed by atoms with van der Waals surface area (Å²) in [7, 11) is 0. The van der Waals surface area contributed by atoms with E-state index in [1.54, 1.807) is 19.3 Å². The lowest BCUT2D eigenvalue weighted by Gasteiger charge is -2.03. The zero-order valence-electron chi connectivity index (χ0n) is 9.92. The summed E-state index contributed by atoms with van der Waals surface area (Å²) >= 11 is 0. The van der Waals surface area contributed by atoms with Crippen LogP contribution in [0.25, 0.3) is 16.6 Å². The lowest BCUT2D eigenvalue weighted by atomic mass is 10.1. The second kappa shape index (κ2) is 4.11. The highest BCUT2D eigenvalue weighted by Crippen LogP contribution is 2.24. The van der Waals surface area contributed by atoms with Crippen molar-refractivity contribution in [3.05, 3.63) is 60.6 Å². The van der Waals surface area contributed by atoms with E-state index >= 15 is 0 Å². The average Bonchev–Trinajstić information content (AvgIpc) is 2.79. The van der Waals surface area contributed by atoms with E-state index in [4.69, 9.17) is 0 Å². The molecular weight excluding hydrogens is 224 g/mol. The molecule has 0 bridgehead atoms. The normalized spacial score (nSPS) is 10.7. The molecule has 18 heavy (non-hydrogen) atoms. The Morgan fingerprint density at radius 3 is 2.78 bits per heavy atom. The quantitative estimate of drug-likeness (QED) is 0.640. The molecule has 2 aromatic heterocycles. The van der Waals surface area contributed by atoms with E-state index in [0.29, 0.717) is 0 Å². The predicted octanol–water partition coefficient (Wildman–Crippen LogP) is 3.03. The van der Waals surface area contributed by atoms with Gasteiger partial charge in [-0.2, -0.15) is 0 Å². The van der Waals surface area contributed by atoms with Gasteiger partial charge >= 0.3 is 0 Å². The van der Waals surface area contributed by atoms with Gasteiger partial charge in [0.2, 0.25) is 0 Å². The van der Waals surface area contributed by atoms with Gasteiger partial charge in [0.05, 0.1) is 5.52 Å². The maximum atomic E-state index is 11.7. The summed E-state index contributed by atoms with van der Waals surface area (Å²) in [5, 5.41) is 0.957. The molecule has 0 unspecified atom stereocenters. The van der Waals surface area contributed by atoms with Crippen LogP contribution in [-0.4, -0.2) is 15.3 Å². The molecular formula is C15H11N2O. The second-order valence-electron chi connectivity index (χ2n) is 4.12. The van der Waals surface area contributed by atoms with Gasteiger partial charge in [-0.15, -0.1) is 0 Å². The minimum atomic E-state index is 0.0685. The van der Waals surface area contributed by atoms with Crippen molar-refractivity contribution in [2.24, 2.45) is 0 Å². The van der Waals surface area contributed by atoms with Gasteiger partial charge in [0.1, 0.15) is 0 Å². The molecule has 3 aromatic rings. The monoisotopic (exact) mass is 235 g/mol. The Balaban J connectivity index is 2.34. The summed E-state index contributed by atoms with van der Waals surface area (Å²) in [6.45, 7) is 1.59. The molecule has 1 aromatic carbocycles. The highest BCUT2D eigenvalue weighted by Gasteiger charge is 2.12. The first kappa shape index (κ1) is 10.7. The van der Waals surface area contributed by atoms with Crippen molar-refractivity contribution in [2.45, 2.75) is 6.92 Å². The standard InChI is InChI=1S/C15H11N2O/c1-11(18)14-10-17(12-6-8-16-9-7-12)15-5-3-2-4-13(14)15/h2,4-10H,1H3. The van der Waals surface area contributed by atoms with Crippen molar-refractivity contribution >= 4 is 16.7 Å². The molecule has 0 atom stereocenters. The van der Waals surface area contributed by atoms with Crippen LogP contribution in [-0.2, 0) is 0 Å². The van der Waals surface area contributed by atoms with Crippen molar-refractivity contribution in [2.75, 3.05) is 0 Å². The highest BCUT2D eigenvalue weighted by molar-refractivity contribution is 6.07. The third-order valence-corrected chi connectivity index (χ3v) is 2.97. The number of hydrogen-bond acceptors (Lipinski definition) is 2. The first-order valence-corrected chi connectivity index (χ1v) is 5.70. The van der Waals surface area contributed by atoms with Crippen LogP contribution in [0.2, 0.25) is 0 Å². The van der Waals surface area contributed by atoms with E-state index in [-0.39, 0.29) is 5.78 Å². The molecule has 0 aliphatic carbocycles. The fourth-order valence-electron chi connectivity index (χ4n) is 2.12. The average molecular weight is 235 g/mol. The summed E-state index contributed by atoms with van der Waals surface area (Å²) in [4.78, 5) is 15.7. The maximum absolute atomic E-state index is 11.7. The van der Waals surface area contributed by atoms with Crippen LogP contribution >= 0.6 is 0 Å². The molecule has 0 saturated carbocycles. The molecule has 0 N–H and O–H groups in total. The third-order valence-electron chi connectivity index (χ3n) is 2.97. The fraction of sp³-hybridized carbons (Fsp3) is 0.0667. The van der Waals surface area contributed by atoms with Gasteiger partial charge in [-0.1, -0.05) is 12.1 Å². The maximum Gasteiger partial charge on any atom is 0.161 e. The molecule has 0 amide bonds. The lowest BCUT2D eigenvalue weighted by Crippen LogP contribution is -1.92. The predicted molar refractivity (Wildman–Crippen MR) is 69.9 cm³/mol. The molecule has 0 aliphatic heterocycles. The highest BCUT2D eigenvalue weighted by atomic mass is 16.1. The number of ketones is 1. The van der Waals surface area contributed by atoms with Crippen molar-refractivity contribution in [1.82, 2.24) is 9.55 Å². The van der Waals surface area contributed by atoms with Crippen molar-refractivity contribution < 1.29 is 4.79 Å². The zero-order valence-corrected chi connectivity index (χ0v) is 9.92. The van der Waals surface area contributed by atoms with Crippen LogP contribution in [0.5, 0.6) is 0 Å². The van der Waals surface area contributed by atoms with E-state index in [1.807, 2.05) is 41.1 Å². The lowest BCUT2D eigenvalue weighted by molar-refractivity contribution is 0.101. The van der Waals surface area contributed by atoms with Crippen LogP contribution in [0, 0.1) is 6.07 Å². The van der Waals surface area contributed by atoms with Crippen LogP contribution in [0.4, 0.5) is 0 Å². The Kier molecular flexibility index (Phi) is 2.45.